The molecule has 0 bridgehead atoms. The van der Waals surface area contributed by atoms with Gasteiger partial charge in [-0.2, -0.15) is 0 Å². The average molecular weight is 328 g/mol. The van der Waals surface area contributed by atoms with Crippen molar-refractivity contribution in [2.75, 3.05) is 0 Å². The van der Waals surface area contributed by atoms with Crippen LogP contribution < -0.4 is 5.32 Å². The normalized spacial score (nSPS) is 16.7. The van der Waals surface area contributed by atoms with Crippen LogP contribution in [-0.4, -0.2) is 11.3 Å². The zero-order valence-electron chi connectivity index (χ0n) is 11.2. The van der Waals surface area contributed by atoms with E-state index in [0.29, 0.717) is 6.04 Å². The second-order valence-electron chi connectivity index (χ2n) is 5.31. The zero-order chi connectivity index (χ0) is 13.0. The van der Waals surface area contributed by atoms with Crippen molar-refractivity contribution in [3.63, 3.8) is 0 Å². The van der Waals surface area contributed by atoms with E-state index in [-0.39, 0.29) is 0 Å². The van der Waals surface area contributed by atoms with Crippen LogP contribution in [0.1, 0.15) is 45.1 Å². The quantitative estimate of drug-likeness (QED) is 0.818. The molecule has 1 aliphatic rings. The van der Waals surface area contributed by atoms with Gasteiger partial charge in [0.15, 0.2) is 0 Å². The fourth-order valence-electron chi connectivity index (χ4n) is 2.30. The molecule has 1 fully saturated rings. The summed E-state index contributed by atoms with van der Waals surface area (Å²) in [7, 11) is 0. The summed E-state index contributed by atoms with van der Waals surface area (Å²) >= 11 is 5.66. The van der Waals surface area contributed by atoms with Crippen LogP contribution in [0.25, 0.3) is 0 Å². The predicted molar refractivity (Wildman–Crippen MR) is 84.2 cm³/mol. The van der Waals surface area contributed by atoms with E-state index < -0.39 is 0 Å². The number of rotatable bonds is 5. The van der Waals surface area contributed by atoms with Crippen LogP contribution in [0, 0.1) is 0 Å². The first-order valence-electron chi connectivity index (χ1n) is 6.83. The molecule has 0 atom stereocenters. The summed E-state index contributed by atoms with van der Waals surface area (Å²) in [4.78, 5) is 1.46. The summed E-state index contributed by atoms with van der Waals surface area (Å²) in [6.45, 7) is 5.36. The number of hydrogen-bond acceptors (Lipinski definition) is 2. The molecule has 1 aliphatic carbocycles. The Morgan fingerprint density at radius 3 is 2.72 bits per heavy atom. The van der Waals surface area contributed by atoms with Crippen LogP contribution in [0.2, 0.25) is 0 Å². The molecule has 1 nitrogen and oxygen atoms in total. The van der Waals surface area contributed by atoms with E-state index in [4.69, 9.17) is 0 Å². The Morgan fingerprint density at radius 1 is 1.33 bits per heavy atom. The van der Waals surface area contributed by atoms with Crippen molar-refractivity contribution in [3.8, 4) is 0 Å². The Morgan fingerprint density at radius 2 is 2.06 bits per heavy atom. The molecule has 0 heterocycles. The van der Waals surface area contributed by atoms with Gasteiger partial charge in [-0.1, -0.05) is 42.6 Å². The second-order valence-corrected chi connectivity index (χ2v) is 7.57. The van der Waals surface area contributed by atoms with E-state index in [1.165, 1.54) is 40.6 Å². The van der Waals surface area contributed by atoms with E-state index in [0.717, 1.165) is 11.8 Å². The van der Waals surface area contributed by atoms with Crippen molar-refractivity contribution in [1.29, 1.82) is 0 Å². The third kappa shape index (κ3) is 4.29. The molecule has 100 valence electrons. The fraction of sp³-hybridized carbons (Fsp3) is 0.600. The van der Waals surface area contributed by atoms with Crippen molar-refractivity contribution >= 4 is 27.7 Å². The van der Waals surface area contributed by atoms with Crippen LogP contribution in [0.15, 0.2) is 27.6 Å². The summed E-state index contributed by atoms with van der Waals surface area (Å²) in [5, 5.41) is 4.36. The lowest BCUT2D eigenvalue weighted by Crippen LogP contribution is -2.22. The van der Waals surface area contributed by atoms with Gasteiger partial charge in [-0.25, -0.2) is 0 Å². The molecule has 0 unspecified atom stereocenters. The predicted octanol–water partition coefficient (Wildman–Crippen LogP) is 4.98. The summed E-state index contributed by atoms with van der Waals surface area (Å²) in [5.74, 6) is 0. The molecule has 1 N–H and O–H groups in total. The molecule has 1 aromatic carbocycles. The zero-order valence-corrected chi connectivity index (χ0v) is 13.6. The first-order valence-corrected chi connectivity index (χ1v) is 8.51. The molecule has 0 saturated heterocycles. The molecule has 0 aromatic heterocycles. The minimum atomic E-state index is 0.535. The van der Waals surface area contributed by atoms with Gasteiger partial charge < -0.3 is 5.32 Å². The van der Waals surface area contributed by atoms with Gasteiger partial charge in [-0.3, -0.25) is 0 Å². The third-order valence-corrected chi connectivity index (χ3v) is 5.27. The molecule has 18 heavy (non-hydrogen) atoms. The Balaban J connectivity index is 2.06. The molecule has 0 amide bonds. The SMILES string of the molecule is CC(C)NCc1cc(Br)ccc1SC1CCCC1. The fourth-order valence-corrected chi connectivity index (χ4v) is 4.07. The van der Waals surface area contributed by atoms with Crippen molar-refractivity contribution in [2.45, 2.75) is 62.3 Å². The largest absolute Gasteiger partial charge is 0.310 e. The lowest BCUT2D eigenvalue weighted by Gasteiger charge is -2.15. The number of benzene rings is 1. The Kier molecular flexibility index (Phi) is 5.58. The smallest absolute Gasteiger partial charge is 0.0219 e. The van der Waals surface area contributed by atoms with Gasteiger partial charge in [0.05, 0.1) is 0 Å². The van der Waals surface area contributed by atoms with Crippen LogP contribution in [0.3, 0.4) is 0 Å². The third-order valence-electron chi connectivity index (χ3n) is 3.32. The van der Waals surface area contributed by atoms with Gasteiger partial charge in [-0.15, -0.1) is 11.8 Å². The van der Waals surface area contributed by atoms with Gasteiger partial charge in [0, 0.05) is 27.2 Å². The molecule has 0 aliphatic heterocycles. The van der Waals surface area contributed by atoms with E-state index >= 15 is 0 Å². The Bertz CT molecular complexity index is 386. The number of thioether (sulfide) groups is 1. The lowest BCUT2D eigenvalue weighted by atomic mass is 10.2. The van der Waals surface area contributed by atoms with E-state index in [9.17, 15) is 0 Å². The summed E-state index contributed by atoms with van der Waals surface area (Å²) in [5.41, 5.74) is 1.43. The van der Waals surface area contributed by atoms with Crippen molar-refractivity contribution in [1.82, 2.24) is 5.32 Å². The molecular weight excluding hydrogens is 306 g/mol. The van der Waals surface area contributed by atoms with Gasteiger partial charge in [0.2, 0.25) is 0 Å². The highest BCUT2D eigenvalue weighted by Gasteiger charge is 2.17. The molecular formula is C15H22BrNS. The van der Waals surface area contributed by atoms with Gasteiger partial charge in [0.1, 0.15) is 0 Å². The Labute approximate surface area is 123 Å². The molecule has 0 spiro atoms. The average Bonchev–Trinajstić information content (AvgIpc) is 2.82. The molecule has 0 radical (unpaired) electrons. The van der Waals surface area contributed by atoms with Crippen molar-refractivity contribution in [3.05, 3.63) is 28.2 Å². The number of hydrogen-bond donors (Lipinski definition) is 1. The Hall–Kier alpha value is 0.01000. The topological polar surface area (TPSA) is 12.0 Å². The van der Waals surface area contributed by atoms with Gasteiger partial charge >= 0.3 is 0 Å². The summed E-state index contributed by atoms with van der Waals surface area (Å²) in [6.07, 6.45) is 5.59. The summed E-state index contributed by atoms with van der Waals surface area (Å²) < 4.78 is 1.18. The second kappa shape index (κ2) is 6.97. The molecule has 2 rings (SSSR count). The van der Waals surface area contributed by atoms with E-state index in [2.05, 4.69) is 65.1 Å². The van der Waals surface area contributed by atoms with Crippen LogP contribution >= 0.6 is 27.7 Å². The minimum absolute atomic E-state index is 0.535. The van der Waals surface area contributed by atoms with Crippen molar-refractivity contribution < 1.29 is 0 Å². The van der Waals surface area contributed by atoms with Gasteiger partial charge in [-0.05, 0) is 36.6 Å². The summed E-state index contributed by atoms with van der Waals surface area (Å²) in [6, 6.07) is 7.22. The highest BCUT2D eigenvalue weighted by Crippen LogP contribution is 2.37. The first-order chi connectivity index (χ1) is 8.65. The monoisotopic (exact) mass is 327 g/mol. The van der Waals surface area contributed by atoms with E-state index in [1.807, 2.05) is 0 Å². The number of halogens is 1. The highest BCUT2D eigenvalue weighted by molar-refractivity contribution is 9.10. The van der Waals surface area contributed by atoms with Crippen LogP contribution in [0.5, 0.6) is 0 Å². The van der Waals surface area contributed by atoms with E-state index in [1.54, 1.807) is 0 Å². The van der Waals surface area contributed by atoms with Crippen LogP contribution in [0.4, 0.5) is 0 Å². The molecule has 1 saturated carbocycles. The molecule has 3 heteroatoms. The molecule has 1 aromatic rings. The maximum Gasteiger partial charge on any atom is 0.0219 e. The minimum Gasteiger partial charge on any atom is -0.310 e. The standard InChI is InChI=1S/C15H22BrNS/c1-11(2)17-10-12-9-13(16)7-8-15(12)18-14-5-3-4-6-14/h7-9,11,14,17H,3-6,10H2,1-2H3. The lowest BCUT2D eigenvalue weighted by molar-refractivity contribution is 0.584. The first kappa shape index (κ1) is 14.4. The number of nitrogens with one attached hydrogen (secondary N) is 1. The van der Waals surface area contributed by atoms with Crippen LogP contribution in [-0.2, 0) is 6.54 Å². The van der Waals surface area contributed by atoms with Gasteiger partial charge in [0.25, 0.3) is 0 Å². The maximum absolute atomic E-state index is 3.58. The maximum atomic E-state index is 3.58. The van der Waals surface area contributed by atoms with Crippen molar-refractivity contribution in [2.24, 2.45) is 0 Å². The highest BCUT2D eigenvalue weighted by atomic mass is 79.9.